The van der Waals surface area contributed by atoms with Crippen LogP contribution in [0.15, 0.2) is 36.7 Å². The van der Waals surface area contributed by atoms with Crippen LogP contribution < -0.4 is 0 Å². The number of aromatic nitrogens is 2. The van der Waals surface area contributed by atoms with Crippen molar-refractivity contribution in [2.75, 3.05) is 0 Å². The normalized spacial score (nSPS) is 11.0. The average Bonchev–Trinajstić information content (AvgIpc) is 2.44. The molecule has 0 atom stereocenters. The molecule has 0 aliphatic rings. The molecule has 1 heterocycles. The van der Waals surface area contributed by atoms with Crippen molar-refractivity contribution in [1.29, 1.82) is 0 Å². The van der Waals surface area contributed by atoms with Gasteiger partial charge in [-0.2, -0.15) is 0 Å². The van der Waals surface area contributed by atoms with Crippen LogP contribution in [0.1, 0.15) is 11.1 Å². The first kappa shape index (κ1) is 12.7. The number of halogens is 2. The first-order chi connectivity index (χ1) is 9.56. The van der Waals surface area contributed by atoms with Gasteiger partial charge >= 0.3 is 0 Å². The van der Waals surface area contributed by atoms with Crippen LogP contribution in [0.4, 0.5) is 8.78 Å². The molecule has 0 radical (unpaired) electrons. The van der Waals surface area contributed by atoms with E-state index in [1.807, 2.05) is 19.9 Å². The lowest BCUT2D eigenvalue weighted by Gasteiger charge is -2.07. The first-order valence-corrected chi connectivity index (χ1v) is 6.23. The van der Waals surface area contributed by atoms with E-state index in [9.17, 15) is 8.78 Å². The second kappa shape index (κ2) is 4.63. The van der Waals surface area contributed by atoms with Crippen molar-refractivity contribution in [3.8, 4) is 11.4 Å². The smallest absolute Gasteiger partial charge is 0.170 e. The van der Waals surface area contributed by atoms with Gasteiger partial charge in [-0.25, -0.2) is 18.7 Å². The molecule has 0 aliphatic heterocycles. The summed E-state index contributed by atoms with van der Waals surface area (Å²) in [5, 5.41) is 0.909. The Labute approximate surface area is 115 Å². The summed E-state index contributed by atoms with van der Waals surface area (Å²) in [6.45, 7) is 3.68. The van der Waals surface area contributed by atoms with Crippen molar-refractivity contribution in [3.63, 3.8) is 0 Å². The zero-order chi connectivity index (χ0) is 14.3. The highest BCUT2D eigenvalue weighted by molar-refractivity contribution is 5.88. The van der Waals surface area contributed by atoms with E-state index in [0.29, 0.717) is 5.39 Å². The Bertz CT molecular complexity index is 796. The maximum absolute atomic E-state index is 14.2. The van der Waals surface area contributed by atoms with Gasteiger partial charge in [0.05, 0.1) is 5.56 Å². The Morgan fingerprint density at radius 3 is 2.25 bits per heavy atom. The first-order valence-electron chi connectivity index (χ1n) is 6.23. The van der Waals surface area contributed by atoms with Gasteiger partial charge in [0.25, 0.3) is 0 Å². The maximum atomic E-state index is 14.2. The summed E-state index contributed by atoms with van der Waals surface area (Å²) in [5.41, 5.74) is 1.83. The molecule has 1 aromatic heterocycles. The zero-order valence-electron chi connectivity index (χ0n) is 11.1. The molecule has 0 spiro atoms. The minimum atomic E-state index is -0.910. The van der Waals surface area contributed by atoms with Gasteiger partial charge in [-0.1, -0.05) is 17.7 Å². The summed E-state index contributed by atoms with van der Waals surface area (Å²) < 4.78 is 28.4. The molecule has 0 fully saturated rings. The Kier molecular flexibility index (Phi) is 2.93. The van der Waals surface area contributed by atoms with Gasteiger partial charge in [-0.05, 0) is 36.9 Å². The Morgan fingerprint density at radius 2 is 1.55 bits per heavy atom. The third kappa shape index (κ3) is 2.03. The monoisotopic (exact) mass is 270 g/mol. The largest absolute Gasteiger partial charge is 0.236 e. The highest BCUT2D eigenvalue weighted by Crippen LogP contribution is 2.29. The third-order valence-corrected chi connectivity index (χ3v) is 3.20. The van der Waals surface area contributed by atoms with Gasteiger partial charge in [-0.15, -0.1) is 0 Å². The van der Waals surface area contributed by atoms with Gasteiger partial charge < -0.3 is 0 Å². The fraction of sp³-hybridized carbons (Fsp3) is 0.125. The fourth-order valence-corrected chi connectivity index (χ4v) is 2.14. The van der Waals surface area contributed by atoms with E-state index in [4.69, 9.17) is 0 Å². The highest BCUT2D eigenvalue weighted by atomic mass is 19.2. The Hall–Kier alpha value is -2.36. The standard InChI is InChI=1S/C16H12F2N2/c1-9-3-4-11-6-13(15(18)14(17)12(11)5-9)16-19-7-10(2)8-20-16/h3-8H,1-2H3. The molecule has 0 N–H and O–H groups in total. The second-order valence-electron chi connectivity index (χ2n) is 4.86. The van der Waals surface area contributed by atoms with Gasteiger partial charge in [-0.3, -0.25) is 0 Å². The van der Waals surface area contributed by atoms with Crippen LogP contribution in [0.5, 0.6) is 0 Å². The molecule has 100 valence electrons. The van der Waals surface area contributed by atoms with Crippen LogP contribution in [0, 0.1) is 25.5 Å². The molecule has 3 aromatic rings. The number of fused-ring (bicyclic) bond motifs is 1. The molecule has 0 aliphatic carbocycles. The van der Waals surface area contributed by atoms with Crippen molar-refractivity contribution in [3.05, 3.63) is 59.4 Å². The molecule has 2 aromatic carbocycles. The van der Waals surface area contributed by atoms with Crippen LogP contribution in [-0.4, -0.2) is 9.97 Å². The third-order valence-electron chi connectivity index (χ3n) is 3.20. The van der Waals surface area contributed by atoms with E-state index in [0.717, 1.165) is 11.1 Å². The highest BCUT2D eigenvalue weighted by Gasteiger charge is 2.16. The van der Waals surface area contributed by atoms with E-state index in [2.05, 4.69) is 9.97 Å². The van der Waals surface area contributed by atoms with Crippen molar-refractivity contribution in [1.82, 2.24) is 9.97 Å². The van der Waals surface area contributed by atoms with Crippen molar-refractivity contribution in [2.24, 2.45) is 0 Å². The topological polar surface area (TPSA) is 25.8 Å². The summed E-state index contributed by atoms with van der Waals surface area (Å²) in [5.74, 6) is -1.58. The quantitative estimate of drug-likeness (QED) is 0.662. The zero-order valence-corrected chi connectivity index (χ0v) is 11.1. The van der Waals surface area contributed by atoms with Crippen LogP contribution >= 0.6 is 0 Å². The van der Waals surface area contributed by atoms with E-state index < -0.39 is 11.6 Å². The van der Waals surface area contributed by atoms with E-state index in [1.165, 1.54) is 0 Å². The van der Waals surface area contributed by atoms with Crippen LogP contribution in [-0.2, 0) is 0 Å². The summed E-state index contributed by atoms with van der Waals surface area (Å²) in [6.07, 6.45) is 3.16. The van der Waals surface area contributed by atoms with E-state index >= 15 is 0 Å². The molecule has 0 bridgehead atoms. The lowest BCUT2D eigenvalue weighted by Crippen LogP contribution is -1.96. The van der Waals surface area contributed by atoms with Crippen LogP contribution in [0.2, 0.25) is 0 Å². The summed E-state index contributed by atoms with van der Waals surface area (Å²) in [6, 6.07) is 6.84. The molecule has 3 rings (SSSR count). The van der Waals surface area contributed by atoms with Crippen molar-refractivity contribution >= 4 is 10.8 Å². The fourth-order valence-electron chi connectivity index (χ4n) is 2.14. The Balaban J connectivity index is 2.29. The van der Waals surface area contributed by atoms with Gasteiger partial charge in [0.15, 0.2) is 17.5 Å². The predicted molar refractivity (Wildman–Crippen MR) is 74.4 cm³/mol. The predicted octanol–water partition coefficient (Wildman–Crippen LogP) is 4.19. The average molecular weight is 270 g/mol. The van der Waals surface area contributed by atoms with Crippen LogP contribution in [0.25, 0.3) is 22.2 Å². The summed E-state index contributed by atoms with van der Waals surface area (Å²) in [4.78, 5) is 8.11. The molecule has 2 nitrogen and oxygen atoms in total. The number of hydrogen-bond donors (Lipinski definition) is 0. The summed E-state index contributed by atoms with van der Waals surface area (Å²) in [7, 11) is 0. The molecule has 20 heavy (non-hydrogen) atoms. The molecular weight excluding hydrogens is 258 g/mol. The lowest BCUT2D eigenvalue weighted by atomic mass is 10.0. The van der Waals surface area contributed by atoms with E-state index in [-0.39, 0.29) is 16.8 Å². The lowest BCUT2D eigenvalue weighted by molar-refractivity contribution is 0.519. The minimum Gasteiger partial charge on any atom is -0.236 e. The number of nitrogens with zero attached hydrogens (tertiary/aromatic N) is 2. The summed E-state index contributed by atoms with van der Waals surface area (Å²) >= 11 is 0. The van der Waals surface area contributed by atoms with Crippen LogP contribution in [0.3, 0.4) is 0 Å². The molecule has 0 saturated heterocycles. The molecule has 0 saturated carbocycles. The minimum absolute atomic E-state index is 0.0823. The van der Waals surface area contributed by atoms with Gasteiger partial charge in [0.1, 0.15) is 0 Å². The number of benzene rings is 2. The second-order valence-corrected chi connectivity index (χ2v) is 4.86. The Morgan fingerprint density at radius 1 is 0.850 bits per heavy atom. The van der Waals surface area contributed by atoms with Gasteiger partial charge in [0, 0.05) is 17.8 Å². The molecular formula is C16H12F2N2. The molecule has 4 heteroatoms. The number of rotatable bonds is 1. The van der Waals surface area contributed by atoms with Gasteiger partial charge in [0.2, 0.25) is 0 Å². The van der Waals surface area contributed by atoms with Crippen molar-refractivity contribution < 1.29 is 8.78 Å². The van der Waals surface area contributed by atoms with Crippen molar-refractivity contribution in [2.45, 2.75) is 13.8 Å². The molecule has 0 unspecified atom stereocenters. The number of hydrogen-bond acceptors (Lipinski definition) is 2. The molecule has 0 amide bonds. The maximum Gasteiger partial charge on any atom is 0.170 e. The number of aryl methyl sites for hydroxylation is 2. The van der Waals surface area contributed by atoms with E-state index in [1.54, 1.807) is 30.6 Å². The SMILES string of the molecule is Cc1cnc(-c2cc3ccc(C)cc3c(F)c2F)nc1.